The van der Waals surface area contributed by atoms with Crippen molar-refractivity contribution in [2.45, 2.75) is 29.5 Å². The van der Waals surface area contributed by atoms with Gasteiger partial charge in [0, 0.05) is 10.5 Å². The lowest BCUT2D eigenvalue weighted by atomic mass is 9.92. The number of ether oxygens (including phenoxy) is 1. The molecule has 2 aliphatic heterocycles. The van der Waals surface area contributed by atoms with Crippen LogP contribution in [-0.2, 0) is 15.1 Å². The summed E-state index contributed by atoms with van der Waals surface area (Å²) in [4.78, 5) is 51.0. The van der Waals surface area contributed by atoms with E-state index in [1.54, 1.807) is 50.2 Å². The van der Waals surface area contributed by atoms with Gasteiger partial charge in [-0.05, 0) is 49.7 Å². The van der Waals surface area contributed by atoms with E-state index >= 15 is 0 Å². The Balaban J connectivity index is 1.53. The third kappa shape index (κ3) is 3.59. The van der Waals surface area contributed by atoms with Gasteiger partial charge in [-0.1, -0.05) is 12.1 Å². The third-order valence-corrected chi connectivity index (χ3v) is 6.42. The molecular weight excluding hydrogens is 420 g/mol. The lowest BCUT2D eigenvalue weighted by molar-refractivity contribution is -0.132. The summed E-state index contributed by atoms with van der Waals surface area (Å²) >= 11 is 1.39. The molecule has 5 amide bonds. The Bertz CT molecular complexity index is 1100. The van der Waals surface area contributed by atoms with Gasteiger partial charge in [0.25, 0.3) is 11.8 Å². The molecule has 2 atom stereocenters. The molecule has 2 aliphatic rings. The maximum absolute atomic E-state index is 13.0. The molecule has 9 nitrogen and oxygen atoms in total. The molecule has 1 fully saturated rings. The Hall–Kier alpha value is -3.53. The monoisotopic (exact) mass is 440 g/mol. The van der Waals surface area contributed by atoms with Crippen LogP contribution in [0.5, 0.6) is 5.75 Å². The van der Waals surface area contributed by atoms with E-state index in [9.17, 15) is 19.2 Å². The molecule has 0 aliphatic carbocycles. The lowest BCUT2D eigenvalue weighted by Gasteiger charge is -2.23. The van der Waals surface area contributed by atoms with Crippen LogP contribution in [0.4, 0.5) is 10.5 Å². The molecule has 2 heterocycles. The number of nitrogens with zero attached hydrogens (tertiary/aromatic N) is 1. The highest BCUT2D eigenvalue weighted by atomic mass is 32.2. The van der Waals surface area contributed by atoms with Gasteiger partial charge in [0.1, 0.15) is 11.3 Å². The normalized spacial score (nSPS) is 22.5. The number of fused-ring (bicyclic) bond motifs is 1. The SMILES string of the molecule is COc1ccc([C@@]2(C)NC(=O)N(NC(=O)c3ccc4c(c3)NC(=O)[C@@H](C)S4)C2=O)cc1. The van der Waals surface area contributed by atoms with Gasteiger partial charge in [0.05, 0.1) is 18.0 Å². The van der Waals surface area contributed by atoms with Gasteiger partial charge in [0.15, 0.2) is 0 Å². The number of hydrazine groups is 1. The number of methoxy groups -OCH3 is 1. The highest BCUT2D eigenvalue weighted by Crippen LogP contribution is 2.36. The first-order chi connectivity index (χ1) is 14.7. The number of benzene rings is 2. The van der Waals surface area contributed by atoms with Crippen molar-refractivity contribution in [3.05, 3.63) is 53.6 Å². The summed E-state index contributed by atoms with van der Waals surface area (Å²) in [7, 11) is 1.53. The Morgan fingerprint density at radius 3 is 2.55 bits per heavy atom. The summed E-state index contributed by atoms with van der Waals surface area (Å²) in [5.74, 6) is -0.810. The zero-order chi connectivity index (χ0) is 22.3. The number of anilines is 1. The zero-order valence-electron chi connectivity index (χ0n) is 17.0. The second kappa shape index (κ2) is 7.62. The van der Waals surface area contributed by atoms with Crippen LogP contribution in [0.1, 0.15) is 29.8 Å². The molecule has 0 bridgehead atoms. The van der Waals surface area contributed by atoms with Gasteiger partial charge in [-0.2, -0.15) is 5.01 Å². The first kappa shape index (κ1) is 20.7. The summed E-state index contributed by atoms with van der Waals surface area (Å²) in [6.07, 6.45) is 0. The maximum Gasteiger partial charge on any atom is 0.344 e. The number of carbonyl (C=O) groups excluding carboxylic acids is 4. The van der Waals surface area contributed by atoms with Gasteiger partial charge in [-0.25, -0.2) is 4.79 Å². The summed E-state index contributed by atoms with van der Waals surface area (Å²) in [5, 5.41) is 5.81. The Kier molecular flexibility index (Phi) is 5.10. The summed E-state index contributed by atoms with van der Waals surface area (Å²) in [6, 6.07) is 10.8. The Morgan fingerprint density at radius 2 is 1.87 bits per heavy atom. The van der Waals surface area contributed by atoms with Crippen molar-refractivity contribution in [2.75, 3.05) is 12.4 Å². The minimum absolute atomic E-state index is 0.153. The first-order valence-corrected chi connectivity index (χ1v) is 10.3. The molecule has 0 saturated carbocycles. The van der Waals surface area contributed by atoms with Crippen molar-refractivity contribution < 1.29 is 23.9 Å². The van der Waals surface area contributed by atoms with Crippen molar-refractivity contribution in [1.82, 2.24) is 15.8 Å². The van der Waals surface area contributed by atoms with Crippen LogP contribution >= 0.6 is 11.8 Å². The Morgan fingerprint density at radius 1 is 1.16 bits per heavy atom. The number of rotatable bonds is 4. The predicted octanol–water partition coefficient (Wildman–Crippen LogP) is 2.24. The number of urea groups is 1. The van der Waals surface area contributed by atoms with Crippen LogP contribution in [0.3, 0.4) is 0 Å². The van der Waals surface area contributed by atoms with E-state index in [1.807, 2.05) is 0 Å². The molecule has 1 saturated heterocycles. The molecule has 0 aromatic heterocycles. The van der Waals surface area contributed by atoms with Crippen molar-refractivity contribution in [1.29, 1.82) is 0 Å². The molecule has 0 radical (unpaired) electrons. The van der Waals surface area contributed by atoms with Gasteiger partial charge < -0.3 is 15.4 Å². The molecule has 0 unspecified atom stereocenters. The minimum atomic E-state index is -1.34. The fraction of sp³-hybridized carbons (Fsp3) is 0.238. The number of hydrogen-bond acceptors (Lipinski definition) is 6. The van der Waals surface area contributed by atoms with Crippen molar-refractivity contribution in [3.8, 4) is 5.75 Å². The largest absolute Gasteiger partial charge is 0.497 e. The number of amides is 5. The van der Waals surface area contributed by atoms with Gasteiger partial charge in [-0.3, -0.25) is 19.8 Å². The van der Waals surface area contributed by atoms with Gasteiger partial charge in [-0.15, -0.1) is 11.8 Å². The Labute approximate surface area is 182 Å². The second-order valence-electron chi connectivity index (χ2n) is 7.33. The highest BCUT2D eigenvalue weighted by Gasteiger charge is 2.50. The van der Waals surface area contributed by atoms with Crippen LogP contribution in [0.2, 0.25) is 0 Å². The summed E-state index contributed by atoms with van der Waals surface area (Å²) < 4.78 is 5.12. The molecular formula is C21H20N4O5S. The topological polar surface area (TPSA) is 117 Å². The molecule has 10 heteroatoms. The van der Waals surface area contributed by atoms with Crippen molar-refractivity contribution in [2.24, 2.45) is 0 Å². The number of thioether (sulfide) groups is 1. The quantitative estimate of drug-likeness (QED) is 0.628. The lowest BCUT2D eigenvalue weighted by Crippen LogP contribution is -2.47. The number of nitrogens with one attached hydrogen (secondary N) is 3. The average molecular weight is 440 g/mol. The summed E-state index contributed by atoms with van der Waals surface area (Å²) in [6.45, 7) is 3.36. The fourth-order valence-corrected chi connectivity index (χ4v) is 4.31. The van der Waals surface area contributed by atoms with Crippen molar-refractivity contribution >= 4 is 41.2 Å². The van der Waals surface area contributed by atoms with E-state index in [-0.39, 0.29) is 16.7 Å². The minimum Gasteiger partial charge on any atom is -0.497 e. The second-order valence-corrected chi connectivity index (χ2v) is 8.71. The molecule has 3 N–H and O–H groups in total. The average Bonchev–Trinajstić information content (AvgIpc) is 2.98. The highest BCUT2D eigenvalue weighted by molar-refractivity contribution is 8.00. The van der Waals surface area contributed by atoms with E-state index in [0.29, 0.717) is 22.0 Å². The van der Waals surface area contributed by atoms with Crippen LogP contribution in [-0.4, -0.2) is 41.1 Å². The molecule has 160 valence electrons. The standard InChI is InChI=1S/C21H20N4O5S/c1-11-17(26)22-15-10-12(4-9-16(15)31-11)18(27)24-25-19(28)21(2,23-20(25)29)13-5-7-14(30-3)8-6-13/h4-11H,1-3H3,(H,22,26)(H,23,29)(H,24,27)/t11-,21-/m1/s1. The van der Waals surface area contributed by atoms with Gasteiger partial charge >= 0.3 is 6.03 Å². The fourth-order valence-electron chi connectivity index (χ4n) is 3.38. The number of imide groups is 1. The predicted molar refractivity (Wildman–Crippen MR) is 114 cm³/mol. The van der Waals surface area contributed by atoms with E-state index in [2.05, 4.69) is 16.1 Å². The molecule has 0 spiro atoms. The first-order valence-electron chi connectivity index (χ1n) is 9.46. The zero-order valence-corrected chi connectivity index (χ0v) is 17.8. The van der Waals surface area contributed by atoms with E-state index in [4.69, 9.17) is 4.74 Å². The van der Waals surface area contributed by atoms with E-state index in [1.165, 1.54) is 24.9 Å². The van der Waals surface area contributed by atoms with Crippen molar-refractivity contribution in [3.63, 3.8) is 0 Å². The summed E-state index contributed by atoms with van der Waals surface area (Å²) in [5.41, 5.74) is 2.28. The smallest absolute Gasteiger partial charge is 0.344 e. The van der Waals surface area contributed by atoms with E-state index in [0.717, 1.165) is 4.90 Å². The number of carbonyl (C=O) groups is 4. The molecule has 2 aromatic carbocycles. The third-order valence-electron chi connectivity index (χ3n) is 5.24. The molecule has 4 rings (SSSR count). The molecule has 2 aromatic rings. The van der Waals surface area contributed by atoms with Gasteiger partial charge in [0.2, 0.25) is 5.91 Å². The van der Waals surface area contributed by atoms with Crippen LogP contribution in [0, 0.1) is 0 Å². The molecule has 31 heavy (non-hydrogen) atoms. The van der Waals surface area contributed by atoms with E-state index < -0.39 is 23.4 Å². The van der Waals surface area contributed by atoms with Crippen LogP contribution < -0.4 is 20.8 Å². The van der Waals surface area contributed by atoms with Crippen LogP contribution in [0.25, 0.3) is 0 Å². The maximum atomic E-state index is 13.0. The van der Waals surface area contributed by atoms with Crippen LogP contribution in [0.15, 0.2) is 47.4 Å². The number of hydrogen-bond donors (Lipinski definition) is 3.